The molecule has 2 heteroatoms. The Morgan fingerprint density at radius 3 is 2.89 bits per heavy atom. The molecular weight excluding hydrogens is 234 g/mol. The highest BCUT2D eigenvalue weighted by atomic mass is 16.3. The van der Waals surface area contributed by atoms with Crippen molar-refractivity contribution < 1.29 is 4.42 Å². The molecule has 1 aromatic carbocycles. The van der Waals surface area contributed by atoms with Crippen molar-refractivity contribution in [3.63, 3.8) is 0 Å². The first-order chi connectivity index (χ1) is 9.36. The van der Waals surface area contributed by atoms with Crippen LogP contribution in [0.1, 0.15) is 38.4 Å². The predicted molar refractivity (Wildman–Crippen MR) is 79.3 cm³/mol. The van der Waals surface area contributed by atoms with Crippen molar-refractivity contribution in [2.45, 2.75) is 45.1 Å². The second-order valence-corrected chi connectivity index (χ2v) is 5.69. The molecule has 1 aromatic heterocycles. The first-order valence-electron chi connectivity index (χ1n) is 7.57. The van der Waals surface area contributed by atoms with Crippen molar-refractivity contribution in [1.82, 2.24) is 5.32 Å². The van der Waals surface area contributed by atoms with E-state index in [2.05, 4.69) is 30.4 Å². The lowest BCUT2D eigenvalue weighted by atomic mass is 10.1. The lowest BCUT2D eigenvalue weighted by molar-refractivity contribution is 0.418. The molecule has 0 spiro atoms. The molecule has 3 rings (SSSR count). The second kappa shape index (κ2) is 5.79. The van der Waals surface area contributed by atoms with Crippen LogP contribution >= 0.6 is 0 Å². The maximum atomic E-state index is 5.90. The average molecular weight is 257 g/mol. The van der Waals surface area contributed by atoms with E-state index in [-0.39, 0.29) is 0 Å². The Balaban J connectivity index is 1.60. The number of aryl methyl sites for hydroxylation is 1. The van der Waals surface area contributed by atoms with Gasteiger partial charge in [0.15, 0.2) is 0 Å². The van der Waals surface area contributed by atoms with E-state index in [4.69, 9.17) is 4.42 Å². The van der Waals surface area contributed by atoms with Gasteiger partial charge in [-0.2, -0.15) is 0 Å². The summed E-state index contributed by atoms with van der Waals surface area (Å²) in [4.78, 5) is 0. The van der Waals surface area contributed by atoms with Gasteiger partial charge >= 0.3 is 0 Å². The van der Waals surface area contributed by atoms with E-state index in [9.17, 15) is 0 Å². The molecule has 19 heavy (non-hydrogen) atoms. The van der Waals surface area contributed by atoms with Gasteiger partial charge in [0.05, 0.1) is 0 Å². The summed E-state index contributed by atoms with van der Waals surface area (Å²) in [5, 5.41) is 4.92. The molecule has 0 radical (unpaired) electrons. The zero-order valence-corrected chi connectivity index (χ0v) is 11.7. The van der Waals surface area contributed by atoms with E-state index < -0.39 is 0 Å². The van der Waals surface area contributed by atoms with E-state index in [1.807, 2.05) is 12.1 Å². The Morgan fingerprint density at radius 2 is 2.16 bits per heavy atom. The number of benzene rings is 1. The third kappa shape index (κ3) is 3.19. The summed E-state index contributed by atoms with van der Waals surface area (Å²) in [7, 11) is 0. The molecule has 1 saturated carbocycles. The van der Waals surface area contributed by atoms with Gasteiger partial charge in [-0.3, -0.25) is 0 Å². The van der Waals surface area contributed by atoms with Gasteiger partial charge in [-0.15, -0.1) is 0 Å². The zero-order chi connectivity index (χ0) is 13.1. The van der Waals surface area contributed by atoms with E-state index in [1.54, 1.807) is 0 Å². The average Bonchev–Trinajstić information content (AvgIpc) is 3.18. The van der Waals surface area contributed by atoms with Crippen molar-refractivity contribution in [2.24, 2.45) is 5.92 Å². The Kier molecular flexibility index (Phi) is 3.88. The number of furan rings is 1. The standard InChI is InChI=1S/C17H23NO/c1-2-11-18-16(13-7-8-13)10-9-15-12-14-5-3-4-6-17(14)19-15/h3-6,12-13,16,18H,2,7-11H2,1H3. The summed E-state index contributed by atoms with van der Waals surface area (Å²) in [6, 6.07) is 11.2. The van der Waals surface area contributed by atoms with Gasteiger partial charge in [0, 0.05) is 17.8 Å². The smallest absolute Gasteiger partial charge is 0.134 e. The van der Waals surface area contributed by atoms with Crippen LogP contribution in [0.3, 0.4) is 0 Å². The van der Waals surface area contributed by atoms with E-state index in [0.29, 0.717) is 6.04 Å². The topological polar surface area (TPSA) is 25.2 Å². The summed E-state index contributed by atoms with van der Waals surface area (Å²) >= 11 is 0. The highest BCUT2D eigenvalue weighted by Gasteiger charge is 2.30. The largest absolute Gasteiger partial charge is 0.461 e. The van der Waals surface area contributed by atoms with Gasteiger partial charge < -0.3 is 9.73 Å². The minimum Gasteiger partial charge on any atom is -0.461 e. The summed E-state index contributed by atoms with van der Waals surface area (Å²) in [5.74, 6) is 2.04. The quantitative estimate of drug-likeness (QED) is 0.806. The Morgan fingerprint density at radius 1 is 1.32 bits per heavy atom. The molecule has 1 aliphatic carbocycles. The number of para-hydroxylation sites is 1. The zero-order valence-electron chi connectivity index (χ0n) is 11.7. The Bertz CT molecular complexity index is 494. The normalized spacial score (nSPS) is 16.9. The van der Waals surface area contributed by atoms with Gasteiger partial charge in [0.2, 0.25) is 0 Å². The van der Waals surface area contributed by atoms with Crippen LogP contribution in [-0.2, 0) is 6.42 Å². The number of nitrogens with one attached hydrogen (secondary N) is 1. The van der Waals surface area contributed by atoms with Crippen LogP contribution in [0.25, 0.3) is 11.0 Å². The summed E-state index contributed by atoms with van der Waals surface area (Å²) in [6.07, 6.45) is 6.27. The molecule has 1 fully saturated rings. The molecule has 1 atom stereocenters. The summed E-state index contributed by atoms with van der Waals surface area (Å²) < 4.78 is 5.90. The van der Waals surface area contributed by atoms with Crippen LogP contribution in [0.2, 0.25) is 0 Å². The van der Waals surface area contributed by atoms with Gasteiger partial charge in [-0.1, -0.05) is 25.1 Å². The highest BCUT2D eigenvalue weighted by molar-refractivity contribution is 5.77. The predicted octanol–water partition coefficient (Wildman–Crippen LogP) is 4.14. The third-order valence-electron chi connectivity index (χ3n) is 4.03. The fraction of sp³-hybridized carbons (Fsp3) is 0.529. The highest BCUT2D eigenvalue weighted by Crippen LogP contribution is 2.34. The van der Waals surface area contributed by atoms with Crippen LogP contribution in [-0.4, -0.2) is 12.6 Å². The first kappa shape index (κ1) is 12.7. The van der Waals surface area contributed by atoms with Crippen molar-refractivity contribution in [2.75, 3.05) is 6.54 Å². The van der Waals surface area contributed by atoms with Crippen molar-refractivity contribution in [3.8, 4) is 0 Å². The third-order valence-corrected chi connectivity index (χ3v) is 4.03. The Labute approximate surface area is 115 Å². The van der Waals surface area contributed by atoms with Crippen LogP contribution < -0.4 is 5.32 Å². The first-order valence-corrected chi connectivity index (χ1v) is 7.57. The Hall–Kier alpha value is -1.28. The molecule has 1 heterocycles. The number of fused-ring (bicyclic) bond motifs is 1. The van der Waals surface area contributed by atoms with Crippen LogP contribution in [0.4, 0.5) is 0 Å². The minimum atomic E-state index is 0.688. The van der Waals surface area contributed by atoms with E-state index in [0.717, 1.165) is 30.2 Å². The number of hydrogen-bond donors (Lipinski definition) is 1. The van der Waals surface area contributed by atoms with E-state index >= 15 is 0 Å². The van der Waals surface area contributed by atoms with Gasteiger partial charge in [0.1, 0.15) is 11.3 Å². The molecule has 0 aliphatic heterocycles. The van der Waals surface area contributed by atoms with E-state index in [1.165, 1.54) is 31.1 Å². The molecule has 0 amide bonds. The summed E-state index contributed by atoms with van der Waals surface area (Å²) in [6.45, 7) is 3.37. The molecule has 0 saturated heterocycles. The van der Waals surface area contributed by atoms with Gasteiger partial charge in [-0.25, -0.2) is 0 Å². The molecule has 102 valence electrons. The van der Waals surface area contributed by atoms with Crippen molar-refractivity contribution >= 4 is 11.0 Å². The lowest BCUT2D eigenvalue weighted by Gasteiger charge is -2.17. The van der Waals surface area contributed by atoms with Crippen molar-refractivity contribution in [1.29, 1.82) is 0 Å². The summed E-state index contributed by atoms with van der Waals surface area (Å²) in [5.41, 5.74) is 1.02. The van der Waals surface area contributed by atoms with Gasteiger partial charge in [-0.05, 0) is 50.3 Å². The fourth-order valence-corrected chi connectivity index (χ4v) is 2.79. The minimum absolute atomic E-state index is 0.688. The molecular formula is C17H23NO. The monoisotopic (exact) mass is 257 g/mol. The lowest BCUT2D eigenvalue weighted by Crippen LogP contribution is -2.32. The van der Waals surface area contributed by atoms with Crippen LogP contribution in [0.5, 0.6) is 0 Å². The number of hydrogen-bond acceptors (Lipinski definition) is 2. The molecule has 1 N–H and O–H groups in total. The molecule has 2 aromatic rings. The molecule has 2 nitrogen and oxygen atoms in total. The van der Waals surface area contributed by atoms with Crippen LogP contribution in [0.15, 0.2) is 34.7 Å². The maximum Gasteiger partial charge on any atom is 0.134 e. The molecule has 0 bridgehead atoms. The second-order valence-electron chi connectivity index (χ2n) is 5.69. The fourth-order valence-electron chi connectivity index (χ4n) is 2.79. The van der Waals surface area contributed by atoms with Crippen LogP contribution in [0, 0.1) is 5.92 Å². The maximum absolute atomic E-state index is 5.90. The van der Waals surface area contributed by atoms with Gasteiger partial charge in [0.25, 0.3) is 0 Å². The SMILES string of the molecule is CCCNC(CCc1cc2ccccc2o1)C1CC1. The number of rotatable bonds is 7. The van der Waals surface area contributed by atoms with Crippen molar-refractivity contribution in [3.05, 3.63) is 36.1 Å². The molecule has 1 aliphatic rings. The molecule has 1 unspecified atom stereocenters.